The Labute approximate surface area is 159 Å². The molecule has 140 valence electrons. The monoisotopic (exact) mass is 363 g/mol. The van der Waals surface area contributed by atoms with Crippen molar-refractivity contribution < 1.29 is 9.59 Å². The summed E-state index contributed by atoms with van der Waals surface area (Å²) in [6, 6.07) is 9.53. The largest absolute Gasteiger partial charge is 0.342 e. The Morgan fingerprint density at radius 2 is 2.07 bits per heavy atom. The van der Waals surface area contributed by atoms with Gasteiger partial charge in [-0.25, -0.2) is 0 Å². The number of carbonyl (C=O) groups is 2. The summed E-state index contributed by atoms with van der Waals surface area (Å²) < 4.78 is 0. The lowest BCUT2D eigenvalue weighted by Gasteiger charge is -2.39. The molecule has 2 amide bonds. The minimum absolute atomic E-state index is 0.0322. The molecule has 2 aliphatic heterocycles. The van der Waals surface area contributed by atoms with Gasteiger partial charge in [0.25, 0.3) is 5.91 Å². The van der Waals surface area contributed by atoms with Crippen molar-refractivity contribution in [2.75, 3.05) is 26.2 Å². The third-order valence-electron chi connectivity index (χ3n) is 6.49. The molecule has 1 saturated carbocycles. The highest BCUT2D eigenvalue weighted by atomic mass is 16.2. The number of piperidine rings is 1. The predicted octanol–water partition coefficient (Wildman–Crippen LogP) is 3.10. The van der Waals surface area contributed by atoms with Crippen molar-refractivity contribution in [2.24, 2.45) is 11.3 Å². The second kappa shape index (κ2) is 6.32. The molecule has 1 aromatic carbocycles. The van der Waals surface area contributed by atoms with Gasteiger partial charge in [0.15, 0.2) is 0 Å². The Morgan fingerprint density at radius 3 is 2.93 bits per heavy atom. The maximum absolute atomic E-state index is 13.2. The van der Waals surface area contributed by atoms with Gasteiger partial charge in [-0.3, -0.25) is 14.6 Å². The second-order valence-corrected chi connectivity index (χ2v) is 8.47. The molecule has 2 aromatic rings. The van der Waals surface area contributed by atoms with Crippen molar-refractivity contribution in [3.63, 3.8) is 0 Å². The first-order chi connectivity index (χ1) is 13.1. The SMILES string of the molecule is O=C(c1ccc2ncccc2c1)N1CC[C@@]2(CCCN(CC3CC3)C2=O)C1. The summed E-state index contributed by atoms with van der Waals surface area (Å²) in [4.78, 5) is 34.5. The van der Waals surface area contributed by atoms with E-state index < -0.39 is 0 Å². The standard InChI is InChI=1S/C22H25N3O2/c26-20(18-6-7-19-17(13-18)3-1-10-23-19)25-12-9-22(15-25)8-2-11-24(21(22)27)14-16-4-5-16/h1,3,6-7,10,13,16H,2,4-5,8-9,11-12,14-15H2/t22-/m0/s1. The van der Waals surface area contributed by atoms with Gasteiger partial charge in [0, 0.05) is 43.3 Å². The lowest BCUT2D eigenvalue weighted by Crippen LogP contribution is -2.50. The summed E-state index contributed by atoms with van der Waals surface area (Å²) in [7, 11) is 0. The van der Waals surface area contributed by atoms with E-state index in [0.717, 1.165) is 49.2 Å². The summed E-state index contributed by atoms with van der Waals surface area (Å²) in [5.74, 6) is 1.04. The molecule has 1 aromatic heterocycles. The number of hydrogen-bond donors (Lipinski definition) is 0. The Morgan fingerprint density at radius 1 is 1.19 bits per heavy atom. The molecule has 5 heteroatoms. The normalized spacial score (nSPS) is 25.6. The predicted molar refractivity (Wildman–Crippen MR) is 103 cm³/mol. The number of benzene rings is 1. The quantitative estimate of drug-likeness (QED) is 0.842. The Balaban J connectivity index is 1.34. The zero-order valence-corrected chi connectivity index (χ0v) is 15.6. The molecule has 1 atom stereocenters. The van der Waals surface area contributed by atoms with Crippen molar-refractivity contribution in [1.82, 2.24) is 14.8 Å². The first kappa shape index (κ1) is 16.7. The van der Waals surface area contributed by atoms with E-state index in [-0.39, 0.29) is 11.3 Å². The minimum atomic E-state index is -0.346. The van der Waals surface area contributed by atoms with Crippen LogP contribution in [0.25, 0.3) is 10.9 Å². The molecular formula is C22H25N3O2. The molecule has 27 heavy (non-hydrogen) atoms. The molecule has 0 radical (unpaired) electrons. The molecule has 0 bridgehead atoms. The molecule has 5 rings (SSSR count). The maximum Gasteiger partial charge on any atom is 0.253 e. The van der Waals surface area contributed by atoms with E-state index >= 15 is 0 Å². The van der Waals surface area contributed by atoms with Crippen LogP contribution in [0.1, 0.15) is 42.5 Å². The number of aromatic nitrogens is 1. The summed E-state index contributed by atoms with van der Waals surface area (Å²) in [6.07, 6.45) is 7.06. The number of amides is 2. The highest BCUT2D eigenvalue weighted by molar-refractivity contribution is 5.98. The van der Waals surface area contributed by atoms with Crippen LogP contribution in [0.2, 0.25) is 0 Å². The summed E-state index contributed by atoms with van der Waals surface area (Å²) in [6.45, 7) is 3.05. The topological polar surface area (TPSA) is 53.5 Å². The smallest absolute Gasteiger partial charge is 0.253 e. The number of likely N-dealkylation sites (tertiary alicyclic amines) is 2. The van der Waals surface area contributed by atoms with Crippen molar-refractivity contribution >= 4 is 22.7 Å². The lowest BCUT2D eigenvalue weighted by molar-refractivity contribution is -0.145. The summed E-state index contributed by atoms with van der Waals surface area (Å²) in [5.41, 5.74) is 1.23. The van der Waals surface area contributed by atoms with Crippen LogP contribution in [0.5, 0.6) is 0 Å². The fourth-order valence-corrected chi connectivity index (χ4v) is 4.75. The molecule has 5 nitrogen and oxygen atoms in total. The van der Waals surface area contributed by atoms with Gasteiger partial charge in [0.05, 0.1) is 10.9 Å². The van der Waals surface area contributed by atoms with E-state index in [9.17, 15) is 9.59 Å². The van der Waals surface area contributed by atoms with Crippen molar-refractivity contribution in [2.45, 2.75) is 32.1 Å². The number of nitrogens with zero attached hydrogens (tertiary/aromatic N) is 3. The fraction of sp³-hybridized carbons (Fsp3) is 0.500. The average Bonchev–Trinajstić information content (AvgIpc) is 3.42. The molecular weight excluding hydrogens is 338 g/mol. The molecule has 3 fully saturated rings. The zero-order valence-electron chi connectivity index (χ0n) is 15.6. The van der Waals surface area contributed by atoms with Crippen LogP contribution in [0.4, 0.5) is 0 Å². The average molecular weight is 363 g/mol. The van der Waals surface area contributed by atoms with Crippen molar-refractivity contribution in [3.05, 3.63) is 42.1 Å². The van der Waals surface area contributed by atoms with Crippen molar-refractivity contribution in [3.8, 4) is 0 Å². The van der Waals surface area contributed by atoms with E-state index in [2.05, 4.69) is 9.88 Å². The van der Waals surface area contributed by atoms with E-state index in [1.165, 1.54) is 12.8 Å². The van der Waals surface area contributed by atoms with Gasteiger partial charge in [-0.1, -0.05) is 6.07 Å². The highest BCUT2D eigenvalue weighted by Crippen LogP contribution is 2.42. The lowest BCUT2D eigenvalue weighted by atomic mass is 9.78. The Bertz CT molecular complexity index is 907. The van der Waals surface area contributed by atoms with E-state index in [1.807, 2.05) is 35.2 Å². The van der Waals surface area contributed by atoms with Crippen LogP contribution in [-0.4, -0.2) is 52.8 Å². The van der Waals surface area contributed by atoms with E-state index in [4.69, 9.17) is 0 Å². The van der Waals surface area contributed by atoms with Gasteiger partial charge in [-0.05, 0) is 62.3 Å². The fourth-order valence-electron chi connectivity index (χ4n) is 4.75. The maximum atomic E-state index is 13.2. The second-order valence-electron chi connectivity index (χ2n) is 8.47. The molecule has 3 aliphatic rings. The molecule has 3 heterocycles. The van der Waals surface area contributed by atoms with E-state index in [0.29, 0.717) is 24.6 Å². The number of pyridine rings is 1. The number of rotatable bonds is 3. The van der Waals surface area contributed by atoms with E-state index in [1.54, 1.807) is 6.20 Å². The first-order valence-corrected chi connectivity index (χ1v) is 10.1. The zero-order chi connectivity index (χ0) is 18.4. The van der Waals surface area contributed by atoms with Crippen molar-refractivity contribution in [1.29, 1.82) is 0 Å². The highest BCUT2D eigenvalue weighted by Gasteiger charge is 2.50. The third-order valence-corrected chi connectivity index (χ3v) is 6.49. The van der Waals surface area contributed by atoms with Crippen LogP contribution in [0.3, 0.4) is 0 Å². The van der Waals surface area contributed by atoms with Gasteiger partial charge >= 0.3 is 0 Å². The Kier molecular flexibility index (Phi) is 3.92. The number of carbonyl (C=O) groups excluding carboxylic acids is 2. The van der Waals surface area contributed by atoms with Crippen LogP contribution in [0, 0.1) is 11.3 Å². The van der Waals surface area contributed by atoms with Gasteiger partial charge in [-0.15, -0.1) is 0 Å². The van der Waals surface area contributed by atoms with Gasteiger partial charge < -0.3 is 9.80 Å². The molecule has 0 N–H and O–H groups in total. The Hall–Kier alpha value is -2.43. The van der Waals surface area contributed by atoms with Gasteiger partial charge in [-0.2, -0.15) is 0 Å². The van der Waals surface area contributed by atoms with Crippen LogP contribution >= 0.6 is 0 Å². The number of fused-ring (bicyclic) bond motifs is 1. The summed E-state index contributed by atoms with van der Waals surface area (Å²) >= 11 is 0. The summed E-state index contributed by atoms with van der Waals surface area (Å²) in [5, 5.41) is 0.974. The van der Waals surface area contributed by atoms with Gasteiger partial charge in [0.2, 0.25) is 5.91 Å². The third kappa shape index (κ3) is 2.99. The van der Waals surface area contributed by atoms with Crippen LogP contribution < -0.4 is 0 Å². The number of hydrogen-bond acceptors (Lipinski definition) is 3. The molecule has 1 aliphatic carbocycles. The molecule has 1 spiro atoms. The molecule has 0 unspecified atom stereocenters. The van der Waals surface area contributed by atoms with Crippen LogP contribution in [-0.2, 0) is 4.79 Å². The van der Waals surface area contributed by atoms with Gasteiger partial charge in [0.1, 0.15) is 0 Å². The van der Waals surface area contributed by atoms with Crippen LogP contribution in [0.15, 0.2) is 36.5 Å². The minimum Gasteiger partial charge on any atom is -0.342 e. The first-order valence-electron chi connectivity index (χ1n) is 10.1. The molecule has 2 saturated heterocycles.